The Morgan fingerprint density at radius 3 is 2.10 bits per heavy atom. The quantitative estimate of drug-likeness (QED) is 0.0373. The predicted molar refractivity (Wildman–Crippen MR) is 247 cm³/mol. The van der Waals surface area contributed by atoms with E-state index in [-0.39, 0.29) is 60.1 Å². The van der Waals surface area contributed by atoms with E-state index >= 15 is 0 Å². The summed E-state index contributed by atoms with van der Waals surface area (Å²) >= 11 is 4.11. The summed E-state index contributed by atoms with van der Waals surface area (Å²) in [4.78, 5) is 145. The Hall–Kier alpha value is -7.34. The zero-order valence-corrected chi connectivity index (χ0v) is 39.3. The number of fused-ring (bicyclic) bond motifs is 1. The van der Waals surface area contributed by atoms with Gasteiger partial charge in [-0.05, 0) is 50.8 Å². The third-order valence-electron chi connectivity index (χ3n) is 11.1. The summed E-state index contributed by atoms with van der Waals surface area (Å²) in [5.74, 6) is -15.8. The number of carboxylic acid groups (broad SMARTS) is 3. The van der Waals surface area contributed by atoms with Crippen LogP contribution in [0.2, 0.25) is 0 Å². The lowest BCUT2D eigenvalue weighted by molar-refractivity contribution is -0.142. The number of thiol groups is 1. The number of ketones is 1. The highest BCUT2D eigenvalue weighted by Crippen LogP contribution is 2.32. The van der Waals surface area contributed by atoms with Crippen molar-refractivity contribution in [3.05, 3.63) is 36.0 Å². The summed E-state index contributed by atoms with van der Waals surface area (Å²) in [6.07, 6.45) is -2.80. The molecule has 1 aliphatic heterocycles. The van der Waals surface area contributed by atoms with Crippen molar-refractivity contribution >= 4 is 94.3 Å². The second-order valence-electron chi connectivity index (χ2n) is 16.4. The SMILES string of the molecule is CC[C@H](NC(=O)[C@H](CS)CCC(=O)[C@H](CC(=O)O)NC(=O)[C@H](CCCCN)NC(=O)[C@H](CC(=O)O)NC(=O)CCC(=O)Nc1cccc2c(C(=O)NCC(=O)N3CC(F)(F)C[C@H]3C#N)ccnc12)C(=O)O. The number of nitrogens with zero attached hydrogens (tertiary/aromatic N) is 3. The van der Waals surface area contributed by atoms with Crippen molar-refractivity contribution in [2.24, 2.45) is 11.7 Å². The number of aromatic nitrogens is 1. The number of amides is 7. The summed E-state index contributed by atoms with van der Waals surface area (Å²) in [5.41, 5.74) is 5.76. The number of Topliss-reactive ketones (excluding diaryl/α,β-unsaturated/α-hetero) is 1. The van der Waals surface area contributed by atoms with Crippen molar-refractivity contribution in [2.45, 2.75) is 114 Å². The highest BCUT2D eigenvalue weighted by atomic mass is 32.1. The van der Waals surface area contributed by atoms with Crippen molar-refractivity contribution in [3.63, 3.8) is 0 Å². The Labute approximate surface area is 410 Å². The van der Waals surface area contributed by atoms with Gasteiger partial charge in [-0.15, -0.1) is 0 Å². The molecule has 0 radical (unpaired) electrons. The van der Waals surface area contributed by atoms with Crippen molar-refractivity contribution in [1.29, 1.82) is 5.26 Å². The standard InChI is InChI=1S/C44H56F2N10O14S/c1-2-27(43(69)70)53-39(65)23(21-71)9-10-32(57)30(16-36(61)62)55-41(67)29(7-3-4-14-47)54-42(68)31(17-37(63)64)52-34(59)12-11-33(58)51-28-8-5-6-25-26(13-15-49-38(25)28)40(66)50-20-35(60)56-22-44(45,46)18-24(56)19-48/h5-6,8,13,15,23-24,27,29-31,71H,2-4,7,9-12,14,16-18,20-22,47H2,1H3,(H,50,66)(H,51,58)(H,52,59)(H,53,65)(H,54,68)(H,55,67)(H,61,62)(H,63,64)(H,69,70)/t23-,24-,27-,29-,30-,31-/m0/s1. The molecule has 7 amide bonds. The van der Waals surface area contributed by atoms with Crippen LogP contribution in [0.4, 0.5) is 14.5 Å². The maximum atomic E-state index is 13.9. The summed E-state index contributed by atoms with van der Waals surface area (Å²) in [7, 11) is 0. The third kappa shape index (κ3) is 18.2. The number of pyridine rings is 1. The highest BCUT2D eigenvalue weighted by molar-refractivity contribution is 7.80. The van der Waals surface area contributed by atoms with Gasteiger partial charge in [-0.25, -0.2) is 13.6 Å². The van der Waals surface area contributed by atoms with E-state index in [9.17, 15) is 82.1 Å². The first-order chi connectivity index (χ1) is 33.5. The Morgan fingerprint density at radius 2 is 1.48 bits per heavy atom. The van der Waals surface area contributed by atoms with Crippen LogP contribution in [0.1, 0.15) is 87.9 Å². The lowest BCUT2D eigenvalue weighted by atomic mass is 9.97. The number of rotatable bonds is 29. The molecule has 386 valence electrons. The van der Waals surface area contributed by atoms with Gasteiger partial charge >= 0.3 is 17.9 Å². The lowest BCUT2D eigenvalue weighted by Gasteiger charge is -2.25. The zero-order chi connectivity index (χ0) is 53.0. The smallest absolute Gasteiger partial charge is 0.326 e. The number of aliphatic carboxylic acids is 3. The van der Waals surface area contributed by atoms with Gasteiger partial charge in [-0.3, -0.25) is 52.9 Å². The Balaban J connectivity index is 1.67. The molecule has 1 saturated heterocycles. The molecule has 2 heterocycles. The normalized spacial score (nSPS) is 15.9. The molecule has 0 unspecified atom stereocenters. The molecule has 71 heavy (non-hydrogen) atoms. The topological polar surface area (TPSA) is 387 Å². The number of nitrogens with one attached hydrogen (secondary N) is 6. The van der Waals surface area contributed by atoms with Gasteiger partial charge < -0.3 is 57.9 Å². The molecular weight excluding hydrogens is 963 g/mol. The van der Waals surface area contributed by atoms with E-state index in [1.54, 1.807) is 6.07 Å². The molecule has 0 aliphatic carbocycles. The van der Waals surface area contributed by atoms with Crippen LogP contribution < -0.4 is 37.6 Å². The van der Waals surface area contributed by atoms with E-state index in [2.05, 4.69) is 49.5 Å². The van der Waals surface area contributed by atoms with Gasteiger partial charge in [0, 0.05) is 48.9 Å². The Morgan fingerprint density at radius 1 is 0.845 bits per heavy atom. The van der Waals surface area contributed by atoms with Gasteiger partial charge in [-0.2, -0.15) is 17.9 Å². The molecule has 1 fully saturated rings. The van der Waals surface area contributed by atoms with Crippen LogP contribution in [0.15, 0.2) is 30.5 Å². The minimum Gasteiger partial charge on any atom is -0.481 e. The number of halogens is 2. The summed E-state index contributed by atoms with van der Waals surface area (Å²) < 4.78 is 27.7. The minimum absolute atomic E-state index is 0.0139. The van der Waals surface area contributed by atoms with Gasteiger partial charge in [-0.1, -0.05) is 19.1 Å². The van der Waals surface area contributed by atoms with Crippen molar-refractivity contribution < 1.29 is 76.8 Å². The third-order valence-corrected chi connectivity index (χ3v) is 11.5. The number of carboxylic acids is 3. The first-order valence-corrected chi connectivity index (χ1v) is 22.9. The zero-order valence-electron chi connectivity index (χ0n) is 38.4. The Bertz CT molecular complexity index is 2390. The fourth-order valence-electron chi connectivity index (χ4n) is 7.26. The van der Waals surface area contributed by atoms with Crippen LogP contribution in [0.5, 0.6) is 0 Å². The number of unbranched alkanes of at least 4 members (excludes halogenated alkanes) is 1. The number of para-hydroxylation sites is 1. The average molecular weight is 1020 g/mol. The number of nitrogens with two attached hydrogens (primary N) is 1. The number of alkyl halides is 2. The molecule has 2 aromatic rings. The minimum atomic E-state index is -3.26. The van der Waals surface area contributed by atoms with Crippen LogP contribution >= 0.6 is 12.6 Å². The van der Waals surface area contributed by atoms with Crippen LogP contribution in [0, 0.1) is 17.2 Å². The molecule has 11 N–H and O–H groups in total. The second-order valence-corrected chi connectivity index (χ2v) is 16.8. The number of hydrogen-bond acceptors (Lipinski definition) is 15. The van der Waals surface area contributed by atoms with E-state index in [1.807, 2.05) is 0 Å². The van der Waals surface area contributed by atoms with E-state index in [4.69, 9.17) is 5.73 Å². The maximum absolute atomic E-state index is 13.9. The van der Waals surface area contributed by atoms with Crippen LogP contribution in [0.25, 0.3) is 10.9 Å². The monoisotopic (exact) mass is 1020 g/mol. The predicted octanol–water partition coefficient (Wildman–Crippen LogP) is -0.149. The van der Waals surface area contributed by atoms with E-state index in [0.717, 1.165) is 0 Å². The van der Waals surface area contributed by atoms with Gasteiger partial charge in [0.2, 0.25) is 35.4 Å². The van der Waals surface area contributed by atoms with Crippen molar-refractivity contribution in [2.75, 3.05) is 30.7 Å². The van der Waals surface area contributed by atoms with E-state index < -0.39 is 159 Å². The number of likely N-dealkylation sites (tertiary alicyclic amines) is 1. The van der Waals surface area contributed by atoms with Gasteiger partial charge in [0.1, 0.15) is 24.2 Å². The molecule has 0 spiro atoms. The van der Waals surface area contributed by atoms with Gasteiger partial charge in [0.05, 0.1) is 54.8 Å². The number of carbonyl (C=O) groups excluding carboxylic acids is 8. The fourth-order valence-corrected chi connectivity index (χ4v) is 7.61. The first-order valence-electron chi connectivity index (χ1n) is 22.3. The summed E-state index contributed by atoms with van der Waals surface area (Å²) in [6.45, 7) is 0.0230. The largest absolute Gasteiger partial charge is 0.481 e. The van der Waals surface area contributed by atoms with Crippen molar-refractivity contribution in [1.82, 2.24) is 36.5 Å². The first kappa shape index (κ1) is 58.0. The molecule has 6 atom stereocenters. The highest BCUT2D eigenvalue weighted by Gasteiger charge is 2.47. The molecule has 1 aromatic heterocycles. The number of carbonyl (C=O) groups is 11. The number of nitriles is 1. The number of anilines is 1. The van der Waals surface area contributed by atoms with Crippen LogP contribution in [-0.2, 0) is 47.9 Å². The molecular formula is C44H56F2N10O14S. The molecule has 27 heteroatoms. The molecule has 1 aliphatic rings. The lowest BCUT2D eigenvalue weighted by Crippen LogP contribution is -2.56. The van der Waals surface area contributed by atoms with Gasteiger partial charge in [0.25, 0.3) is 11.8 Å². The van der Waals surface area contributed by atoms with Crippen LogP contribution in [0.3, 0.4) is 0 Å². The van der Waals surface area contributed by atoms with Crippen molar-refractivity contribution in [3.8, 4) is 6.07 Å². The van der Waals surface area contributed by atoms with Crippen LogP contribution in [-0.4, -0.2) is 152 Å². The summed E-state index contributed by atoms with van der Waals surface area (Å²) in [6, 6.07) is -0.258. The second kappa shape index (κ2) is 27.7. The fraction of sp³-hybridized carbons (Fsp3) is 0.523. The maximum Gasteiger partial charge on any atom is 0.326 e. The van der Waals surface area contributed by atoms with E-state index in [1.165, 1.54) is 37.4 Å². The Kier molecular flexibility index (Phi) is 22.7. The molecule has 0 bridgehead atoms. The molecule has 1 aromatic carbocycles. The molecule has 24 nitrogen and oxygen atoms in total. The number of benzene rings is 1. The number of hydrogen-bond donors (Lipinski definition) is 11. The summed E-state index contributed by atoms with van der Waals surface area (Å²) in [5, 5.41) is 51.9. The van der Waals surface area contributed by atoms with Gasteiger partial charge in [0.15, 0.2) is 5.78 Å². The molecule has 0 saturated carbocycles. The molecule has 3 rings (SSSR count). The average Bonchev–Trinajstić information content (AvgIpc) is 3.64. The van der Waals surface area contributed by atoms with E-state index in [0.29, 0.717) is 11.3 Å².